The first-order valence-electron chi connectivity index (χ1n) is 13.1. The van der Waals surface area contributed by atoms with E-state index in [1.807, 2.05) is 12.4 Å². The molecule has 3 aromatic rings. The summed E-state index contributed by atoms with van der Waals surface area (Å²) in [6, 6.07) is 4.35. The maximum atomic E-state index is 13.2. The molecule has 0 bridgehead atoms. The summed E-state index contributed by atoms with van der Waals surface area (Å²) in [7, 11) is 1.77. The SMILES string of the molecule is CO[C@H]1CC[C@H](NC(=O)c2cnn3ccc(C4=CCCCc5nc(C6CCC6)ncc54)cc23)CC1. The highest BCUT2D eigenvalue weighted by atomic mass is 16.5. The number of aryl methyl sites for hydroxylation is 1. The number of nitrogens with zero attached hydrogens (tertiary/aromatic N) is 4. The van der Waals surface area contributed by atoms with Crippen LogP contribution in [0, 0.1) is 0 Å². The van der Waals surface area contributed by atoms with E-state index in [4.69, 9.17) is 14.7 Å². The number of methoxy groups -OCH3 is 1. The summed E-state index contributed by atoms with van der Waals surface area (Å²) in [5, 5.41) is 7.67. The summed E-state index contributed by atoms with van der Waals surface area (Å²) >= 11 is 0. The number of ether oxygens (including phenoxy) is 1. The quantitative estimate of drug-likeness (QED) is 0.575. The van der Waals surface area contributed by atoms with Crippen molar-refractivity contribution >= 4 is 17.0 Å². The van der Waals surface area contributed by atoms with Crippen molar-refractivity contribution in [1.82, 2.24) is 24.9 Å². The number of pyridine rings is 1. The van der Waals surface area contributed by atoms with Gasteiger partial charge in [-0.3, -0.25) is 4.79 Å². The minimum atomic E-state index is -0.0539. The zero-order valence-electron chi connectivity index (χ0n) is 20.4. The normalized spacial score (nSPS) is 22.7. The third kappa shape index (κ3) is 4.38. The van der Waals surface area contributed by atoms with Gasteiger partial charge < -0.3 is 10.1 Å². The second kappa shape index (κ2) is 9.53. The Morgan fingerprint density at radius 3 is 2.74 bits per heavy atom. The number of hydrogen-bond acceptors (Lipinski definition) is 5. The van der Waals surface area contributed by atoms with Gasteiger partial charge in [-0.05, 0) is 81.1 Å². The molecule has 6 rings (SSSR count). The maximum Gasteiger partial charge on any atom is 0.255 e. The van der Waals surface area contributed by atoms with E-state index in [1.54, 1.807) is 17.8 Å². The summed E-state index contributed by atoms with van der Waals surface area (Å²) < 4.78 is 7.25. The number of hydrogen-bond donors (Lipinski definition) is 1. The van der Waals surface area contributed by atoms with Crippen LogP contribution in [0.3, 0.4) is 0 Å². The van der Waals surface area contributed by atoms with Gasteiger partial charge in [0.15, 0.2) is 0 Å². The van der Waals surface area contributed by atoms with Gasteiger partial charge in [0.05, 0.1) is 29.1 Å². The number of carbonyl (C=O) groups excluding carboxylic acids is 1. The molecule has 1 N–H and O–H groups in total. The van der Waals surface area contributed by atoms with Crippen molar-refractivity contribution in [2.45, 2.75) is 82.3 Å². The maximum absolute atomic E-state index is 13.2. The minimum absolute atomic E-state index is 0.0539. The van der Waals surface area contributed by atoms with Crippen LogP contribution in [0.15, 0.2) is 36.8 Å². The first-order chi connectivity index (χ1) is 17.2. The highest BCUT2D eigenvalue weighted by Gasteiger charge is 2.26. The molecule has 7 nitrogen and oxygen atoms in total. The summed E-state index contributed by atoms with van der Waals surface area (Å²) in [6.07, 6.45) is 18.9. The second-order valence-electron chi connectivity index (χ2n) is 10.2. The Hall–Kier alpha value is -3.06. The van der Waals surface area contributed by atoms with Crippen LogP contribution in [-0.2, 0) is 11.2 Å². The van der Waals surface area contributed by atoms with Crippen LogP contribution < -0.4 is 5.32 Å². The molecular weight excluding hydrogens is 438 g/mol. The molecule has 1 amide bonds. The lowest BCUT2D eigenvalue weighted by atomic mass is 9.84. The van der Waals surface area contributed by atoms with E-state index in [0.717, 1.165) is 78.7 Å². The number of aromatic nitrogens is 4. The Kier molecular flexibility index (Phi) is 6.10. The molecule has 0 atom stereocenters. The van der Waals surface area contributed by atoms with Crippen LogP contribution in [0.2, 0.25) is 0 Å². The molecule has 7 heteroatoms. The van der Waals surface area contributed by atoms with E-state index in [-0.39, 0.29) is 11.9 Å². The Balaban J connectivity index is 1.28. The fourth-order valence-electron chi connectivity index (χ4n) is 5.64. The van der Waals surface area contributed by atoms with Crippen molar-refractivity contribution in [3.63, 3.8) is 0 Å². The topological polar surface area (TPSA) is 81.4 Å². The molecule has 2 saturated carbocycles. The van der Waals surface area contributed by atoms with E-state index in [1.165, 1.54) is 19.3 Å². The summed E-state index contributed by atoms with van der Waals surface area (Å²) in [5.41, 5.74) is 5.96. The van der Waals surface area contributed by atoms with Gasteiger partial charge in [0.25, 0.3) is 5.91 Å². The molecule has 35 heavy (non-hydrogen) atoms. The number of amides is 1. The number of carbonyl (C=O) groups is 1. The molecule has 182 valence electrons. The lowest BCUT2D eigenvalue weighted by molar-refractivity contribution is 0.0599. The van der Waals surface area contributed by atoms with Crippen LogP contribution in [0.25, 0.3) is 11.1 Å². The van der Waals surface area contributed by atoms with Crippen LogP contribution >= 0.6 is 0 Å². The molecule has 0 unspecified atom stereocenters. The fourth-order valence-corrected chi connectivity index (χ4v) is 5.64. The van der Waals surface area contributed by atoms with E-state index in [2.05, 4.69) is 28.6 Å². The number of allylic oxidation sites excluding steroid dienone is 1. The molecule has 0 spiro atoms. The third-order valence-corrected chi connectivity index (χ3v) is 8.03. The fraction of sp³-hybridized carbons (Fsp3) is 0.500. The van der Waals surface area contributed by atoms with Gasteiger partial charge in [-0.1, -0.05) is 12.5 Å². The molecular formula is C28H33N5O2. The highest BCUT2D eigenvalue weighted by molar-refractivity contribution is 6.01. The summed E-state index contributed by atoms with van der Waals surface area (Å²) in [6.45, 7) is 0. The molecule has 3 aromatic heterocycles. The third-order valence-electron chi connectivity index (χ3n) is 8.03. The van der Waals surface area contributed by atoms with Gasteiger partial charge in [-0.2, -0.15) is 5.10 Å². The first kappa shape index (κ1) is 22.4. The summed E-state index contributed by atoms with van der Waals surface area (Å²) in [5.74, 6) is 1.49. The van der Waals surface area contributed by atoms with Gasteiger partial charge in [0.1, 0.15) is 5.82 Å². The lowest BCUT2D eigenvalue weighted by Gasteiger charge is -2.28. The Morgan fingerprint density at radius 1 is 1.11 bits per heavy atom. The molecule has 3 aliphatic carbocycles. The van der Waals surface area contributed by atoms with Crippen molar-refractivity contribution in [1.29, 1.82) is 0 Å². The van der Waals surface area contributed by atoms with Gasteiger partial charge in [0.2, 0.25) is 0 Å². The van der Waals surface area contributed by atoms with Crippen molar-refractivity contribution in [3.8, 4) is 0 Å². The van der Waals surface area contributed by atoms with Crippen LogP contribution in [0.1, 0.15) is 96.7 Å². The Bertz CT molecular complexity index is 1270. The van der Waals surface area contributed by atoms with Crippen LogP contribution in [-0.4, -0.2) is 44.7 Å². The number of fused-ring (bicyclic) bond motifs is 2. The predicted molar refractivity (Wildman–Crippen MR) is 134 cm³/mol. The standard InChI is InChI=1S/C28H33N5O2/c1-35-21-11-9-20(10-12-21)31-28(34)24-17-30-33-14-13-19(15-26(24)33)22-7-2-3-8-25-23(22)16-29-27(32-25)18-5-4-6-18/h7,13-18,20-21H,2-6,8-12H2,1H3,(H,31,34)/t20-,21-. The zero-order chi connectivity index (χ0) is 23.8. The largest absolute Gasteiger partial charge is 0.381 e. The van der Waals surface area contributed by atoms with E-state index < -0.39 is 0 Å². The van der Waals surface area contributed by atoms with E-state index in [9.17, 15) is 4.79 Å². The van der Waals surface area contributed by atoms with E-state index in [0.29, 0.717) is 17.6 Å². The number of nitrogens with one attached hydrogen (secondary N) is 1. The average molecular weight is 472 g/mol. The predicted octanol–water partition coefficient (Wildman–Crippen LogP) is 4.85. The molecule has 0 saturated heterocycles. The Morgan fingerprint density at radius 2 is 1.97 bits per heavy atom. The van der Waals surface area contributed by atoms with Crippen LogP contribution in [0.5, 0.6) is 0 Å². The zero-order valence-corrected chi connectivity index (χ0v) is 20.4. The van der Waals surface area contributed by atoms with E-state index >= 15 is 0 Å². The first-order valence-corrected chi connectivity index (χ1v) is 13.1. The molecule has 0 aliphatic heterocycles. The van der Waals surface area contributed by atoms with Gasteiger partial charge in [-0.15, -0.1) is 0 Å². The molecule has 2 fully saturated rings. The molecule has 3 aliphatic rings. The molecule has 0 aromatic carbocycles. The molecule has 0 radical (unpaired) electrons. The smallest absolute Gasteiger partial charge is 0.255 e. The minimum Gasteiger partial charge on any atom is -0.381 e. The monoisotopic (exact) mass is 471 g/mol. The van der Waals surface area contributed by atoms with Crippen molar-refractivity contribution < 1.29 is 9.53 Å². The van der Waals surface area contributed by atoms with Gasteiger partial charge in [-0.25, -0.2) is 14.5 Å². The molecule has 3 heterocycles. The summed E-state index contributed by atoms with van der Waals surface area (Å²) in [4.78, 5) is 23.0. The average Bonchev–Trinajstić information content (AvgIpc) is 3.16. The number of rotatable bonds is 5. The van der Waals surface area contributed by atoms with Gasteiger partial charge >= 0.3 is 0 Å². The van der Waals surface area contributed by atoms with Crippen molar-refractivity contribution in [2.75, 3.05) is 7.11 Å². The second-order valence-corrected chi connectivity index (χ2v) is 10.2. The van der Waals surface area contributed by atoms with Crippen LogP contribution in [0.4, 0.5) is 0 Å². The highest BCUT2D eigenvalue weighted by Crippen LogP contribution is 2.36. The van der Waals surface area contributed by atoms with Gasteiger partial charge in [0, 0.05) is 37.0 Å². The Labute approximate surface area is 206 Å². The lowest BCUT2D eigenvalue weighted by Crippen LogP contribution is -2.38. The van der Waals surface area contributed by atoms with Crippen molar-refractivity contribution in [2.24, 2.45) is 0 Å². The van der Waals surface area contributed by atoms with Crippen molar-refractivity contribution in [3.05, 3.63) is 65.0 Å².